The Morgan fingerprint density at radius 3 is 2.65 bits per heavy atom. The summed E-state index contributed by atoms with van der Waals surface area (Å²) < 4.78 is 36.2. The molecule has 0 saturated heterocycles. The molecule has 6 nitrogen and oxygen atoms in total. The number of carbonyl (C=O) groups is 2. The maximum Gasteiger partial charge on any atom is 0.406 e. The third-order valence-electron chi connectivity index (χ3n) is 2.25. The number of carboxylic acid groups (broad SMARTS) is 1. The number of amides is 2. The second kappa shape index (κ2) is 6.22. The van der Waals surface area contributed by atoms with Crippen LogP contribution in [0.25, 0.3) is 0 Å². The zero-order valence-electron chi connectivity index (χ0n) is 10.4. The second-order valence-electron chi connectivity index (χ2n) is 3.97. The van der Waals surface area contributed by atoms with Crippen molar-refractivity contribution in [2.45, 2.75) is 12.7 Å². The summed E-state index contributed by atoms with van der Waals surface area (Å²) >= 11 is 0. The van der Waals surface area contributed by atoms with Gasteiger partial charge in [-0.2, -0.15) is 13.2 Å². The Morgan fingerprint density at radius 1 is 1.45 bits per heavy atom. The smallest absolute Gasteiger partial charge is 0.406 e. The average Bonchev–Trinajstić information content (AvgIpc) is 2.34. The lowest BCUT2D eigenvalue weighted by atomic mass is 10.2. The number of rotatable bonds is 4. The molecule has 20 heavy (non-hydrogen) atoms. The van der Waals surface area contributed by atoms with Gasteiger partial charge in [0, 0.05) is 13.2 Å². The Bertz CT molecular complexity index is 505. The van der Waals surface area contributed by atoms with Crippen LogP contribution >= 0.6 is 0 Å². The van der Waals surface area contributed by atoms with Crippen LogP contribution in [0.2, 0.25) is 0 Å². The molecule has 9 heteroatoms. The van der Waals surface area contributed by atoms with Gasteiger partial charge < -0.3 is 15.3 Å². The Morgan fingerprint density at radius 2 is 2.10 bits per heavy atom. The quantitative estimate of drug-likeness (QED) is 0.880. The fourth-order valence-electron chi connectivity index (χ4n) is 1.35. The second-order valence-corrected chi connectivity index (χ2v) is 3.97. The van der Waals surface area contributed by atoms with E-state index in [2.05, 4.69) is 10.3 Å². The molecular formula is C11H12F3N3O3. The van der Waals surface area contributed by atoms with Crippen molar-refractivity contribution in [2.24, 2.45) is 0 Å². The monoisotopic (exact) mass is 291 g/mol. The van der Waals surface area contributed by atoms with Gasteiger partial charge in [-0.3, -0.25) is 4.98 Å². The third-order valence-corrected chi connectivity index (χ3v) is 2.25. The molecule has 0 unspecified atom stereocenters. The van der Waals surface area contributed by atoms with E-state index in [-0.39, 0.29) is 17.8 Å². The predicted octanol–water partition coefficient (Wildman–Crippen LogP) is 1.48. The summed E-state index contributed by atoms with van der Waals surface area (Å²) in [7, 11) is 1.00. The molecular weight excluding hydrogens is 279 g/mol. The standard InChI is InChI=1S/C11H12F3N3O3/c1-17(6-11(12,13)14)10(20)16-5-8-4-7(9(18)19)2-3-15-8/h2-4H,5-6H2,1H3,(H,16,20)(H,18,19). The number of aromatic carboxylic acids is 1. The van der Waals surface area contributed by atoms with Gasteiger partial charge in [-0.05, 0) is 12.1 Å². The molecule has 0 saturated carbocycles. The lowest BCUT2D eigenvalue weighted by Gasteiger charge is -2.19. The van der Waals surface area contributed by atoms with Crippen molar-refractivity contribution < 1.29 is 27.9 Å². The fourth-order valence-corrected chi connectivity index (χ4v) is 1.35. The molecule has 0 aliphatic heterocycles. The third kappa shape index (κ3) is 5.12. The van der Waals surface area contributed by atoms with Crippen molar-refractivity contribution in [1.82, 2.24) is 15.2 Å². The van der Waals surface area contributed by atoms with Gasteiger partial charge in [0.05, 0.1) is 17.8 Å². The van der Waals surface area contributed by atoms with Crippen LogP contribution in [-0.2, 0) is 6.54 Å². The predicted molar refractivity (Wildman–Crippen MR) is 62.1 cm³/mol. The van der Waals surface area contributed by atoms with Crippen LogP contribution in [0.3, 0.4) is 0 Å². The summed E-state index contributed by atoms with van der Waals surface area (Å²) in [5, 5.41) is 11.0. The topological polar surface area (TPSA) is 82.5 Å². The maximum atomic E-state index is 12.1. The van der Waals surface area contributed by atoms with E-state index in [1.165, 1.54) is 18.3 Å². The largest absolute Gasteiger partial charge is 0.478 e. The molecule has 0 spiro atoms. The minimum absolute atomic E-state index is 0.0205. The first-order chi connectivity index (χ1) is 9.19. The van der Waals surface area contributed by atoms with Crippen LogP contribution in [0.4, 0.5) is 18.0 Å². The molecule has 0 aliphatic rings. The summed E-state index contributed by atoms with van der Waals surface area (Å²) in [5.74, 6) is -1.16. The number of halogens is 3. The van der Waals surface area contributed by atoms with Crippen molar-refractivity contribution in [3.63, 3.8) is 0 Å². The molecule has 0 aromatic carbocycles. The van der Waals surface area contributed by atoms with Crippen molar-refractivity contribution in [2.75, 3.05) is 13.6 Å². The maximum absolute atomic E-state index is 12.1. The Balaban J connectivity index is 2.57. The molecule has 0 radical (unpaired) electrons. The minimum Gasteiger partial charge on any atom is -0.478 e. The number of alkyl halides is 3. The van der Waals surface area contributed by atoms with Crippen molar-refractivity contribution in [3.8, 4) is 0 Å². The number of aromatic nitrogens is 1. The van der Waals surface area contributed by atoms with Gasteiger partial charge in [0.1, 0.15) is 6.54 Å². The highest BCUT2D eigenvalue weighted by atomic mass is 19.4. The number of nitrogens with zero attached hydrogens (tertiary/aromatic N) is 2. The molecule has 2 N–H and O–H groups in total. The zero-order valence-corrected chi connectivity index (χ0v) is 10.4. The van der Waals surface area contributed by atoms with E-state index >= 15 is 0 Å². The number of urea groups is 1. The Kier molecular flexibility index (Phi) is 4.89. The van der Waals surface area contributed by atoms with Gasteiger partial charge in [0.25, 0.3) is 0 Å². The number of carbonyl (C=O) groups excluding carboxylic acids is 1. The summed E-state index contributed by atoms with van der Waals surface area (Å²) in [5.41, 5.74) is 0.214. The van der Waals surface area contributed by atoms with E-state index in [9.17, 15) is 22.8 Å². The molecule has 0 atom stereocenters. The molecule has 1 rings (SSSR count). The van der Waals surface area contributed by atoms with Crippen LogP contribution in [0, 0.1) is 0 Å². The van der Waals surface area contributed by atoms with Crippen molar-refractivity contribution in [1.29, 1.82) is 0 Å². The van der Waals surface area contributed by atoms with E-state index < -0.39 is 24.7 Å². The summed E-state index contributed by atoms with van der Waals surface area (Å²) in [6.07, 6.45) is -3.24. The first-order valence-corrected chi connectivity index (χ1v) is 5.43. The van der Waals surface area contributed by atoms with Gasteiger partial charge >= 0.3 is 18.2 Å². The van der Waals surface area contributed by atoms with E-state index in [0.29, 0.717) is 4.90 Å². The Hall–Kier alpha value is -2.32. The van der Waals surface area contributed by atoms with E-state index in [4.69, 9.17) is 5.11 Å². The highest BCUT2D eigenvalue weighted by Gasteiger charge is 2.31. The Labute approximate surface area is 112 Å². The molecule has 1 heterocycles. The first kappa shape index (κ1) is 15.7. The number of hydrogen-bond donors (Lipinski definition) is 2. The van der Waals surface area contributed by atoms with Gasteiger partial charge in [0.15, 0.2) is 0 Å². The molecule has 0 aliphatic carbocycles. The molecule has 1 aromatic rings. The van der Waals surface area contributed by atoms with Gasteiger partial charge in [-0.15, -0.1) is 0 Å². The average molecular weight is 291 g/mol. The lowest BCUT2D eigenvalue weighted by Crippen LogP contribution is -2.42. The minimum atomic E-state index is -4.48. The highest BCUT2D eigenvalue weighted by molar-refractivity contribution is 5.87. The van der Waals surface area contributed by atoms with E-state index in [0.717, 1.165) is 7.05 Å². The van der Waals surface area contributed by atoms with E-state index in [1.54, 1.807) is 0 Å². The highest BCUT2D eigenvalue weighted by Crippen LogP contribution is 2.15. The number of pyridine rings is 1. The summed E-state index contributed by atoms with van der Waals surface area (Å²) in [6, 6.07) is 1.57. The molecule has 0 fully saturated rings. The molecule has 110 valence electrons. The van der Waals surface area contributed by atoms with Crippen LogP contribution in [-0.4, -0.2) is 46.8 Å². The van der Waals surface area contributed by atoms with E-state index in [1.807, 2.05) is 0 Å². The number of hydrogen-bond acceptors (Lipinski definition) is 3. The van der Waals surface area contributed by atoms with Crippen molar-refractivity contribution >= 4 is 12.0 Å². The van der Waals surface area contributed by atoms with Crippen LogP contribution in [0.1, 0.15) is 16.1 Å². The lowest BCUT2D eigenvalue weighted by molar-refractivity contribution is -0.137. The molecule has 2 amide bonds. The normalized spacial score (nSPS) is 11.0. The first-order valence-electron chi connectivity index (χ1n) is 5.43. The SMILES string of the molecule is CN(CC(F)(F)F)C(=O)NCc1cc(C(=O)O)ccn1. The van der Waals surface area contributed by atoms with Crippen LogP contribution in [0.5, 0.6) is 0 Å². The van der Waals surface area contributed by atoms with Crippen molar-refractivity contribution in [3.05, 3.63) is 29.6 Å². The van der Waals surface area contributed by atoms with Gasteiger partial charge in [0.2, 0.25) is 0 Å². The van der Waals surface area contributed by atoms with Gasteiger partial charge in [-0.25, -0.2) is 9.59 Å². The van der Waals surface area contributed by atoms with Crippen LogP contribution in [0.15, 0.2) is 18.3 Å². The van der Waals surface area contributed by atoms with Crippen LogP contribution < -0.4 is 5.32 Å². The fraction of sp³-hybridized carbons (Fsp3) is 0.364. The molecule has 0 bridgehead atoms. The summed E-state index contributed by atoms with van der Waals surface area (Å²) in [4.78, 5) is 26.4. The number of carboxylic acids is 1. The van der Waals surface area contributed by atoms with Gasteiger partial charge in [-0.1, -0.05) is 0 Å². The molecule has 1 aromatic heterocycles. The zero-order chi connectivity index (χ0) is 15.3. The number of nitrogens with one attached hydrogen (secondary N) is 1. The summed E-state index contributed by atoms with van der Waals surface area (Å²) in [6.45, 7) is -1.54.